The number of benzene rings is 2. The minimum absolute atomic E-state index is 0.122. The SMILES string of the molecule is COc1ccc(C(=O)N2CCC(NC(=O)c3ccccc3Cl)c3c2cnn3C)cc1. The van der Waals surface area contributed by atoms with Crippen molar-refractivity contribution in [1.82, 2.24) is 15.1 Å². The lowest BCUT2D eigenvalue weighted by Crippen LogP contribution is -2.41. The number of carbonyl (C=O) groups is 2. The van der Waals surface area contributed by atoms with E-state index >= 15 is 0 Å². The Morgan fingerprint density at radius 2 is 1.90 bits per heavy atom. The maximum Gasteiger partial charge on any atom is 0.258 e. The van der Waals surface area contributed by atoms with Crippen molar-refractivity contribution >= 4 is 29.1 Å². The number of nitrogens with zero attached hydrogens (tertiary/aromatic N) is 3. The number of hydrogen-bond donors (Lipinski definition) is 1. The van der Waals surface area contributed by atoms with Crippen LogP contribution >= 0.6 is 11.6 Å². The summed E-state index contributed by atoms with van der Waals surface area (Å²) in [5, 5.41) is 7.76. The van der Waals surface area contributed by atoms with Crippen molar-refractivity contribution in [3.05, 3.63) is 76.6 Å². The first-order valence-electron chi connectivity index (χ1n) is 9.53. The Balaban J connectivity index is 1.59. The predicted molar refractivity (Wildman–Crippen MR) is 114 cm³/mol. The number of amides is 2. The van der Waals surface area contributed by atoms with Gasteiger partial charge in [0.2, 0.25) is 0 Å². The molecule has 4 rings (SSSR count). The van der Waals surface area contributed by atoms with Crippen LogP contribution in [0.15, 0.2) is 54.7 Å². The number of halogens is 1. The normalized spacial score (nSPS) is 15.4. The Hall–Kier alpha value is -3.32. The van der Waals surface area contributed by atoms with E-state index < -0.39 is 0 Å². The fourth-order valence-corrected chi connectivity index (χ4v) is 3.91. The lowest BCUT2D eigenvalue weighted by molar-refractivity contribution is 0.0931. The Morgan fingerprint density at radius 3 is 2.60 bits per heavy atom. The first kappa shape index (κ1) is 20.0. The van der Waals surface area contributed by atoms with Crippen LogP contribution in [0.2, 0.25) is 5.02 Å². The number of aromatic nitrogens is 2. The minimum atomic E-state index is -0.281. The van der Waals surface area contributed by atoms with E-state index in [9.17, 15) is 9.59 Å². The van der Waals surface area contributed by atoms with Gasteiger partial charge in [-0.3, -0.25) is 14.3 Å². The number of carbonyl (C=O) groups excluding carboxylic acids is 2. The van der Waals surface area contributed by atoms with Crippen LogP contribution in [0.3, 0.4) is 0 Å². The fraction of sp³-hybridized carbons (Fsp3) is 0.227. The van der Waals surface area contributed by atoms with E-state index in [1.54, 1.807) is 78.5 Å². The third-order valence-electron chi connectivity index (χ3n) is 5.23. The molecule has 154 valence electrons. The summed E-state index contributed by atoms with van der Waals surface area (Å²) in [6.45, 7) is 0.455. The second kappa shape index (κ2) is 8.20. The van der Waals surface area contributed by atoms with Crippen molar-refractivity contribution in [1.29, 1.82) is 0 Å². The number of methoxy groups -OCH3 is 1. The molecular formula is C22H21ClN4O3. The van der Waals surface area contributed by atoms with Crippen molar-refractivity contribution in [3.8, 4) is 5.75 Å². The molecule has 1 aliphatic heterocycles. The summed E-state index contributed by atoms with van der Waals surface area (Å²) in [4.78, 5) is 27.6. The molecule has 0 saturated carbocycles. The Labute approximate surface area is 179 Å². The van der Waals surface area contributed by atoms with Crippen LogP contribution in [-0.4, -0.2) is 35.2 Å². The summed E-state index contributed by atoms with van der Waals surface area (Å²) in [5.41, 5.74) is 2.45. The molecule has 2 heterocycles. The van der Waals surface area contributed by atoms with Crippen LogP contribution in [0.4, 0.5) is 5.69 Å². The first-order valence-corrected chi connectivity index (χ1v) is 9.90. The largest absolute Gasteiger partial charge is 0.497 e. The number of aryl methyl sites for hydroxylation is 1. The molecule has 1 unspecified atom stereocenters. The van der Waals surface area contributed by atoms with Gasteiger partial charge < -0.3 is 15.0 Å². The highest BCUT2D eigenvalue weighted by molar-refractivity contribution is 6.33. The number of hydrogen-bond acceptors (Lipinski definition) is 4. The number of anilines is 1. The van der Waals surface area contributed by atoms with Crippen molar-refractivity contribution in [3.63, 3.8) is 0 Å². The molecule has 1 aromatic heterocycles. The van der Waals surface area contributed by atoms with E-state index in [4.69, 9.17) is 16.3 Å². The molecule has 0 bridgehead atoms. The van der Waals surface area contributed by atoms with Gasteiger partial charge >= 0.3 is 0 Å². The van der Waals surface area contributed by atoms with Gasteiger partial charge in [0.15, 0.2) is 0 Å². The smallest absolute Gasteiger partial charge is 0.258 e. The molecule has 1 aliphatic rings. The molecular weight excluding hydrogens is 404 g/mol. The van der Waals surface area contributed by atoms with Gasteiger partial charge in [0.1, 0.15) is 5.75 Å². The van der Waals surface area contributed by atoms with E-state index in [0.717, 1.165) is 5.69 Å². The molecule has 30 heavy (non-hydrogen) atoms. The van der Waals surface area contributed by atoms with Crippen molar-refractivity contribution < 1.29 is 14.3 Å². The molecule has 0 spiro atoms. The highest BCUT2D eigenvalue weighted by atomic mass is 35.5. The Kier molecular flexibility index (Phi) is 5.46. The summed E-state index contributed by atoms with van der Waals surface area (Å²) in [6.07, 6.45) is 2.22. The molecule has 1 N–H and O–H groups in total. The maximum atomic E-state index is 13.1. The maximum absolute atomic E-state index is 13.1. The lowest BCUT2D eigenvalue weighted by Gasteiger charge is -2.32. The molecule has 0 saturated heterocycles. The Morgan fingerprint density at radius 1 is 1.17 bits per heavy atom. The van der Waals surface area contributed by atoms with Crippen molar-refractivity contribution in [2.45, 2.75) is 12.5 Å². The highest BCUT2D eigenvalue weighted by Crippen LogP contribution is 2.35. The summed E-state index contributed by atoms with van der Waals surface area (Å²) in [6, 6.07) is 13.6. The van der Waals surface area contributed by atoms with Gasteiger partial charge in [0.25, 0.3) is 11.8 Å². The molecule has 2 aromatic carbocycles. The zero-order chi connectivity index (χ0) is 21.3. The number of fused-ring (bicyclic) bond motifs is 1. The number of rotatable bonds is 4. The van der Waals surface area contributed by atoms with Gasteiger partial charge in [0.05, 0.1) is 41.3 Å². The van der Waals surface area contributed by atoms with Gasteiger partial charge in [-0.15, -0.1) is 0 Å². The quantitative estimate of drug-likeness (QED) is 0.694. The third kappa shape index (κ3) is 3.64. The average Bonchev–Trinajstić information content (AvgIpc) is 3.16. The van der Waals surface area contributed by atoms with Crippen LogP contribution < -0.4 is 15.0 Å². The van der Waals surface area contributed by atoms with Crippen LogP contribution in [0.5, 0.6) is 5.75 Å². The van der Waals surface area contributed by atoms with E-state index in [-0.39, 0.29) is 17.9 Å². The molecule has 8 heteroatoms. The second-order valence-corrected chi connectivity index (χ2v) is 7.43. The third-order valence-corrected chi connectivity index (χ3v) is 5.56. The van der Waals surface area contributed by atoms with Crippen LogP contribution in [0.25, 0.3) is 0 Å². The highest BCUT2D eigenvalue weighted by Gasteiger charge is 2.33. The molecule has 0 radical (unpaired) electrons. The average molecular weight is 425 g/mol. The number of ether oxygens (including phenoxy) is 1. The van der Waals surface area contributed by atoms with Crippen LogP contribution in [-0.2, 0) is 7.05 Å². The molecule has 0 fully saturated rings. The van der Waals surface area contributed by atoms with Gasteiger partial charge in [-0.2, -0.15) is 5.10 Å². The fourth-order valence-electron chi connectivity index (χ4n) is 3.69. The first-order chi connectivity index (χ1) is 14.5. The minimum Gasteiger partial charge on any atom is -0.497 e. The standard InChI is InChI=1S/C22H21ClN4O3/c1-26-20-18(25-21(28)16-5-3-4-6-17(16)23)11-12-27(19(20)13-24-26)22(29)14-7-9-15(30-2)10-8-14/h3-10,13,18H,11-12H2,1-2H3,(H,25,28). The van der Waals surface area contributed by atoms with Crippen LogP contribution in [0.1, 0.15) is 38.9 Å². The monoisotopic (exact) mass is 424 g/mol. The van der Waals surface area contributed by atoms with Gasteiger partial charge in [-0.25, -0.2) is 0 Å². The summed E-state index contributed by atoms with van der Waals surface area (Å²) >= 11 is 6.16. The molecule has 3 aromatic rings. The zero-order valence-electron chi connectivity index (χ0n) is 16.6. The summed E-state index contributed by atoms with van der Waals surface area (Å²) < 4.78 is 6.86. The van der Waals surface area contributed by atoms with E-state index in [1.165, 1.54) is 0 Å². The van der Waals surface area contributed by atoms with Gasteiger partial charge in [-0.1, -0.05) is 23.7 Å². The lowest BCUT2D eigenvalue weighted by atomic mass is 10.0. The Bertz CT molecular complexity index is 1090. The molecule has 2 amide bonds. The van der Waals surface area contributed by atoms with Crippen LogP contribution in [0, 0.1) is 0 Å². The van der Waals surface area contributed by atoms with E-state index in [1.807, 2.05) is 0 Å². The second-order valence-electron chi connectivity index (χ2n) is 7.02. The van der Waals surface area contributed by atoms with Gasteiger partial charge in [0, 0.05) is 19.2 Å². The molecule has 7 nitrogen and oxygen atoms in total. The number of nitrogens with one attached hydrogen (secondary N) is 1. The van der Waals surface area contributed by atoms with Crippen molar-refractivity contribution in [2.75, 3.05) is 18.6 Å². The van der Waals surface area contributed by atoms with E-state index in [0.29, 0.717) is 40.6 Å². The topological polar surface area (TPSA) is 76.5 Å². The molecule has 0 aliphatic carbocycles. The summed E-state index contributed by atoms with van der Waals surface area (Å²) in [5.74, 6) is 0.310. The van der Waals surface area contributed by atoms with Gasteiger partial charge in [-0.05, 0) is 42.8 Å². The van der Waals surface area contributed by atoms with Crippen molar-refractivity contribution in [2.24, 2.45) is 7.05 Å². The molecule has 1 atom stereocenters. The zero-order valence-corrected chi connectivity index (χ0v) is 17.4. The summed E-state index contributed by atoms with van der Waals surface area (Å²) in [7, 11) is 3.38. The van der Waals surface area contributed by atoms with E-state index in [2.05, 4.69) is 10.4 Å². The predicted octanol–water partition coefficient (Wildman–Crippen LogP) is 3.60.